The van der Waals surface area contributed by atoms with Crippen LogP contribution in [0.3, 0.4) is 0 Å². The minimum atomic E-state index is 0.549. The number of anilines is 1. The molecule has 0 spiro atoms. The van der Waals surface area contributed by atoms with Crippen molar-refractivity contribution in [3.8, 4) is 0 Å². The van der Waals surface area contributed by atoms with Crippen LogP contribution < -0.4 is 5.32 Å². The highest BCUT2D eigenvalue weighted by molar-refractivity contribution is 7.98. The Morgan fingerprint density at radius 1 is 1.14 bits per heavy atom. The van der Waals surface area contributed by atoms with E-state index in [4.69, 9.17) is 4.84 Å². The highest BCUT2D eigenvalue weighted by Gasteiger charge is 2.18. The lowest BCUT2D eigenvalue weighted by atomic mass is 10.2. The van der Waals surface area contributed by atoms with Gasteiger partial charge in [0.2, 0.25) is 5.96 Å². The van der Waals surface area contributed by atoms with Gasteiger partial charge in [0.15, 0.2) is 0 Å². The van der Waals surface area contributed by atoms with Crippen LogP contribution in [0.1, 0.15) is 5.56 Å². The normalized spacial score (nSPS) is 14.0. The Morgan fingerprint density at radius 2 is 1.91 bits per heavy atom. The van der Waals surface area contributed by atoms with Crippen LogP contribution in [0.5, 0.6) is 0 Å². The van der Waals surface area contributed by atoms with Crippen LogP contribution in [-0.2, 0) is 11.4 Å². The van der Waals surface area contributed by atoms with Gasteiger partial charge in [-0.05, 0) is 36.1 Å². The number of nitrogens with one attached hydrogen (secondary N) is 1. The van der Waals surface area contributed by atoms with Crippen LogP contribution in [0.2, 0.25) is 0 Å². The summed E-state index contributed by atoms with van der Waals surface area (Å²) in [6.45, 7) is 2.07. The quantitative estimate of drug-likeness (QED) is 0.855. The number of benzene rings is 2. The Morgan fingerprint density at radius 3 is 2.64 bits per heavy atom. The smallest absolute Gasteiger partial charge is 0.223 e. The Kier molecular flexibility index (Phi) is 4.98. The minimum Gasteiger partial charge on any atom is -0.324 e. The van der Waals surface area contributed by atoms with Gasteiger partial charge in [0.05, 0.1) is 13.1 Å². The third-order valence-electron chi connectivity index (χ3n) is 3.38. The molecule has 0 atom stereocenters. The largest absolute Gasteiger partial charge is 0.324 e. The molecule has 1 N–H and O–H groups in total. The first-order chi connectivity index (χ1) is 10.8. The van der Waals surface area contributed by atoms with E-state index in [-0.39, 0.29) is 0 Å². The zero-order chi connectivity index (χ0) is 15.2. The maximum absolute atomic E-state index is 5.85. The molecule has 0 aromatic heterocycles. The highest BCUT2D eigenvalue weighted by Crippen LogP contribution is 2.18. The lowest BCUT2D eigenvalue weighted by Gasteiger charge is -2.20. The number of guanidine groups is 1. The molecule has 0 radical (unpaired) electrons. The Labute approximate surface area is 135 Å². The minimum absolute atomic E-state index is 0.549. The number of hydroxylamine groups is 2. The van der Waals surface area contributed by atoms with Crippen molar-refractivity contribution in [3.63, 3.8) is 0 Å². The average molecular weight is 313 g/mol. The van der Waals surface area contributed by atoms with Gasteiger partial charge in [0.1, 0.15) is 6.61 Å². The second-order valence-electron chi connectivity index (χ2n) is 4.92. The maximum Gasteiger partial charge on any atom is 0.223 e. The molecule has 5 heteroatoms. The molecule has 0 bridgehead atoms. The number of hydrogen-bond acceptors (Lipinski definition) is 5. The summed E-state index contributed by atoms with van der Waals surface area (Å²) in [6.07, 6.45) is 2.07. The molecule has 0 saturated carbocycles. The molecule has 22 heavy (non-hydrogen) atoms. The van der Waals surface area contributed by atoms with Crippen molar-refractivity contribution in [1.82, 2.24) is 5.06 Å². The van der Waals surface area contributed by atoms with Crippen molar-refractivity contribution in [2.75, 3.05) is 24.7 Å². The van der Waals surface area contributed by atoms with Crippen LogP contribution in [-0.4, -0.2) is 30.4 Å². The zero-order valence-corrected chi connectivity index (χ0v) is 13.3. The summed E-state index contributed by atoms with van der Waals surface area (Å²) in [5, 5.41) is 5.15. The van der Waals surface area contributed by atoms with E-state index in [0.717, 1.165) is 30.3 Å². The highest BCUT2D eigenvalue weighted by atomic mass is 32.2. The molecule has 1 aliphatic rings. The number of thioether (sulfide) groups is 1. The van der Waals surface area contributed by atoms with Crippen LogP contribution in [0.15, 0.2) is 64.5 Å². The number of rotatable bonds is 5. The molecule has 1 aliphatic heterocycles. The van der Waals surface area contributed by atoms with Crippen LogP contribution >= 0.6 is 11.8 Å². The number of hydrogen-bond donors (Lipinski definition) is 1. The standard InChI is InChI=1S/C17H19N3OS/c1-22-16-9-7-15(8-10-16)19-17-18-11-12-20(17)21-13-14-5-3-2-4-6-14/h2-10H,11-13H2,1H3,(H,18,19). The third kappa shape index (κ3) is 3.81. The Hall–Kier alpha value is -1.98. The van der Waals surface area contributed by atoms with Crippen molar-refractivity contribution in [1.29, 1.82) is 0 Å². The molecule has 3 rings (SSSR count). The number of aliphatic imine (C=N–C) groups is 1. The van der Waals surface area contributed by atoms with Crippen molar-refractivity contribution >= 4 is 23.4 Å². The summed E-state index contributed by atoms with van der Waals surface area (Å²) in [4.78, 5) is 11.6. The van der Waals surface area contributed by atoms with Crippen molar-refractivity contribution < 1.29 is 4.84 Å². The van der Waals surface area contributed by atoms with Crippen LogP contribution in [0, 0.1) is 0 Å². The van der Waals surface area contributed by atoms with E-state index < -0.39 is 0 Å². The van der Waals surface area contributed by atoms with E-state index in [0.29, 0.717) is 6.61 Å². The molecule has 0 unspecified atom stereocenters. The lowest BCUT2D eigenvalue weighted by Crippen LogP contribution is -2.33. The fraction of sp³-hybridized carbons (Fsp3) is 0.235. The van der Waals surface area contributed by atoms with E-state index in [1.807, 2.05) is 23.3 Å². The van der Waals surface area contributed by atoms with Gasteiger partial charge in [-0.1, -0.05) is 30.3 Å². The summed E-state index contributed by atoms with van der Waals surface area (Å²) in [7, 11) is 0. The molecule has 0 amide bonds. The first-order valence-corrected chi connectivity index (χ1v) is 8.47. The van der Waals surface area contributed by atoms with E-state index in [1.165, 1.54) is 4.90 Å². The SMILES string of the molecule is CSc1ccc(NC2=NCCN2OCc2ccccc2)cc1. The Balaban J connectivity index is 1.58. The summed E-state index contributed by atoms with van der Waals surface area (Å²) < 4.78 is 0. The second kappa shape index (κ2) is 7.33. The average Bonchev–Trinajstić information content (AvgIpc) is 3.02. The van der Waals surface area contributed by atoms with Crippen molar-refractivity contribution in [2.45, 2.75) is 11.5 Å². The molecule has 4 nitrogen and oxygen atoms in total. The predicted molar refractivity (Wildman–Crippen MR) is 92.1 cm³/mol. The van der Waals surface area contributed by atoms with Crippen molar-refractivity contribution in [2.24, 2.45) is 4.99 Å². The van der Waals surface area contributed by atoms with Crippen molar-refractivity contribution in [3.05, 3.63) is 60.2 Å². The van der Waals surface area contributed by atoms with Gasteiger partial charge in [-0.3, -0.25) is 4.84 Å². The lowest BCUT2D eigenvalue weighted by molar-refractivity contribution is -0.103. The van der Waals surface area contributed by atoms with Gasteiger partial charge in [0.25, 0.3) is 0 Å². The molecule has 0 aliphatic carbocycles. The maximum atomic E-state index is 5.85. The van der Waals surface area contributed by atoms with E-state index >= 15 is 0 Å². The molecule has 2 aromatic rings. The summed E-state index contributed by atoms with van der Waals surface area (Å²) in [5.41, 5.74) is 2.17. The summed E-state index contributed by atoms with van der Waals surface area (Å²) in [5.74, 6) is 0.771. The van der Waals surface area contributed by atoms with Gasteiger partial charge < -0.3 is 5.32 Å². The van der Waals surface area contributed by atoms with Gasteiger partial charge in [-0.25, -0.2) is 10.1 Å². The molecule has 1 heterocycles. The van der Waals surface area contributed by atoms with E-state index in [2.05, 4.69) is 53.0 Å². The first-order valence-electron chi connectivity index (χ1n) is 7.25. The Bertz CT molecular complexity index is 628. The fourth-order valence-electron chi connectivity index (χ4n) is 2.19. The summed E-state index contributed by atoms with van der Waals surface area (Å²) >= 11 is 1.73. The first kappa shape index (κ1) is 14.9. The van der Waals surface area contributed by atoms with Crippen LogP contribution in [0.4, 0.5) is 5.69 Å². The zero-order valence-electron chi connectivity index (χ0n) is 12.5. The van der Waals surface area contributed by atoms with Crippen LogP contribution in [0.25, 0.3) is 0 Å². The monoisotopic (exact) mass is 313 g/mol. The third-order valence-corrected chi connectivity index (χ3v) is 4.12. The van der Waals surface area contributed by atoms with E-state index in [1.54, 1.807) is 11.8 Å². The predicted octanol–water partition coefficient (Wildman–Crippen LogP) is 3.62. The van der Waals surface area contributed by atoms with Gasteiger partial charge in [-0.15, -0.1) is 11.8 Å². The molecule has 0 fully saturated rings. The van der Waals surface area contributed by atoms with Gasteiger partial charge >= 0.3 is 0 Å². The fourth-order valence-corrected chi connectivity index (χ4v) is 2.60. The molecule has 0 saturated heterocycles. The summed E-state index contributed by atoms with van der Waals surface area (Å²) in [6, 6.07) is 18.5. The molecule has 2 aromatic carbocycles. The molecule has 114 valence electrons. The van der Waals surface area contributed by atoms with E-state index in [9.17, 15) is 0 Å². The molecular weight excluding hydrogens is 294 g/mol. The molecular formula is C17H19N3OS. The topological polar surface area (TPSA) is 36.9 Å². The van der Waals surface area contributed by atoms with Gasteiger partial charge in [-0.2, -0.15) is 0 Å². The van der Waals surface area contributed by atoms with Gasteiger partial charge in [0, 0.05) is 10.6 Å². The number of nitrogens with zero attached hydrogens (tertiary/aromatic N) is 2. The second-order valence-corrected chi connectivity index (χ2v) is 5.80.